The van der Waals surface area contributed by atoms with Gasteiger partial charge in [-0.2, -0.15) is 5.10 Å². The van der Waals surface area contributed by atoms with E-state index in [0.717, 1.165) is 32.1 Å². The molecule has 4 aliphatic rings. The van der Waals surface area contributed by atoms with Crippen LogP contribution in [-0.2, 0) is 25.4 Å². The van der Waals surface area contributed by atoms with E-state index in [1.54, 1.807) is 6.92 Å². The third-order valence-corrected chi connectivity index (χ3v) is 10.5. The number of phenols is 2. The van der Waals surface area contributed by atoms with Crippen LogP contribution in [0.25, 0.3) is 0 Å². The Morgan fingerprint density at radius 1 is 1.11 bits per heavy atom. The predicted molar refractivity (Wildman–Crippen MR) is 189 cm³/mol. The van der Waals surface area contributed by atoms with Crippen molar-refractivity contribution in [3.8, 4) is 17.2 Å². The molecule has 7 atom stereocenters. The minimum atomic E-state index is -2.12. The quantitative estimate of drug-likeness (QED) is 0.0685. The van der Waals surface area contributed by atoms with Crippen molar-refractivity contribution in [2.45, 2.75) is 107 Å². The lowest BCUT2D eigenvalue weighted by Crippen LogP contribution is -2.53. The van der Waals surface area contributed by atoms with E-state index in [-0.39, 0.29) is 59.3 Å². The van der Waals surface area contributed by atoms with Crippen molar-refractivity contribution < 1.29 is 58.9 Å². The Bertz CT molecular complexity index is 1800. The van der Waals surface area contributed by atoms with Crippen molar-refractivity contribution in [1.29, 1.82) is 0 Å². The van der Waals surface area contributed by atoms with E-state index >= 15 is 0 Å². The maximum Gasteiger partial charge on any atom is 0.242 e. The first-order valence-corrected chi connectivity index (χ1v) is 18.0. The summed E-state index contributed by atoms with van der Waals surface area (Å²) in [7, 11) is 1.33. The van der Waals surface area contributed by atoms with Crippen molar-refractivity contribution in [3.63, 3.8) is 0 Å². The van der Waals surface area contributed by atoms with Gasteiger partial charge in [-0.25, -0.2) is 5.43 Å². The molecule has 1 amide bonds. The number of fused-ring (bicyclic) bond motifs is 3. The number of carbonyl (C=O) groups is 3. The number of hydrazone groups is 1. The minimum Gasteiger partial charge on any atom is -0.507 e. The van der Waals surface area contributed by atoms with Gasteiger partial charge in [0.1, 0.15) is 22.8 Å². The Morgan fingerprint density at radius 3 is 2.62 bits per heavy atom. The number of aliphatic hydroxyl groups excluding tert-OH is 2. The Hall–Kier alpha value is -4.22. The normalized spacial score (nSPS) is 29.3. The van der Waals surface area contributed by atoms with Crippen LogP contribution in [0.5, 0.6) is 17.2 Å². The number of ketones is 2. The van der Waals surface area contributed by atoms with E-state index < -0.39 is 95.8 Å². The third kappa shape index (κ3) is 7.60. The number of hydrogen-bond donors (Lipinski definition) is 7. The molecule has 15 heteroatoms. The maximum absolute atomic E-state index is 14.0. The molecule has 1 aliphatic heterocycles. The molecule has 0 radical (unpaired) electrons. The Labute approximate surface area is 306 Å². The van der Waals surface area contributed by atoms with Crippen molar-refractivity contribution >= 4 is 23.2 Å². The summed E-state index contributed by atoms with van der Waals surface area (Å²) < 4.78 is 23.3. The number of rotatable bonds is 10. The smallest absolute Gasteiger partial charge is 0.242 e. The molecule has 1 heterocycles. The molecule has 53 heavy (non-hydrogen) atoms. The highest BCUT2D eigenvalue weighted by Crippen LogP contribution is 2.52. The van der Waals surface area contributed by atoms with E-state index in [1.807, 2.05) is 6.08 Å². The van der Waals surface area contributed by atoms with Crippen LogP contribution < -0.4 is 15.9 Å². The van der Waals surface area contributed by atoms with Crippen molar-refractivity contribution in [1.82, 2.24) is 5.43 Å². The van der Waals surface area contributed by atoms with Crippen LogP contribution in [0.4, 0.5) is 0 Å². The zero-order chi connectivity index (χ0) is 38.0. The minimum absolute atomic E-state index is 0.00513. The van der Waals surface area contributed by atoms with E-state index in [1.165, 1.54) is 25.3 Å². The van der Waals surface area contributed by atoms with Crippen LogP contribution in [0.15, 0.2) is 35.5 Å². The molecule has 286 valence electrons. The maximum atomic E-state index is 14.0. The SMILES string of the molecule is COc1cccc2c1C(=O)c1c(O)c3c(c(O)c1C2=O)C[C@@](O)(/C(CO)=N\NC(=O)CCOC1/C=C/CCCCC1)C[C@@H]3O[C@H]1C[C@H](N)[C@H](O)[C@H](C)O1. The molecule has 8 N–H and O–H groups in total. The molecule has 0 aromatic heterocycles. The molecule has 1 unspecified atom stereocenters. The Balaban J connectivity index is 1.33. The van der Waals surface area contributed by atoms with Gasteiger partial charge < -0.3 is 50.2 Å². The van der Waals surface area contributed by atoms with Crippen LogP contribution in [0.1, 0.15) is 107 Å². The van der Waals surface area contributed by atoms with Gasteiger partial charge in [-0.05, 0) is 32.3 Å². The van der Waals surface area contributed by atoms with Crippen LogP contribution in [0.2, 0.25) is 0 Å². The average molecular weight is 738 g/mol. The summed E-state index contributed by atoms with van der Waals surface area (Å²) in [6.45, 7) is 0.881. The Kier molecular flexibility index (Phi) is 11.6. The van der Waals surface area contributed by atoms with E-state index in [9.17, 15) is 39.9 Å². The molecule has 0 spiro atoms. The number of amides is 1. The van der Waals surface area contributed by atoms with Crippen molar-refractivity contribution in [2.24, 2.45) is 10.8 Å². The number of aromatic hydroxyl groups is 2. The van der Waals surface area contributed by atoms with Gasteiger partial charge >= 0.3 is 0 Å². The van der Waals surface area contributed by atoms with Crippen LogP contribution in [0.3, 0.4) is 0 Å². The standard InChI is InChI=1S/C38H47N3O12/c1-19-33(44)23(39)15-28(52-19)53-25-17-38(49,26(18-42)40-41-27(43)13-14-51-20-9-6-4-3-5-7-10-20)16-22-30(25)37(48)32-31(35(22)46)34(45)21-11-8-12-24(50-2)29(21)36(32)47/h6,8-9,11-12,19-20,23,25,28,33,42,44,46,48-49H,3-5,7,10,13-18,39H2,1-2H3,(H,41,43)/b9-6+,40-26-/t19-,20?,23-,25-,28-,33+,38-/m0/s1. The zero-order valence-corrected chi connectivity index (χ0v) is 29.7. The van der Waals surface area contributed by atoms with Crippen LogP contribution in [0, 0.1) is 0 Å². The van der Waals surface area contributed by atoms with E-state index in [2.05, 4.69) is 16.6 Å². The molecule has 1 saturated heterocycles. The van der Waals surface area contributed by atoms with Crippen LogP contribution in [-0.4, -0.2) is 105 Å². The third-order valence-electron chi connectivity index (χ3n) is 10.5. The summed E-state index contributed by atoms with van der Waals surface area (Å²) in [6.07, 6.45) is 3.97. The number of allylic oxidation sites excluding steroid dienone is 1. The van der Waals surface area contributed by atoms with Gasteiger partial charge in [0.25, 0.3) is 0 Å². The molecule has 15 nitrogen and oxygen atoms in total. The highest BCUT2D eigenvalue weighted by Gasteiger charge is 2.49. The molecule has 0 bridgehead atoms. The van der Waals surface area contributed by atoms with Crippen molar-refractivity contribution in [3.05, 3.63) is 63.7 Å². The number of hydrogen-bond acceptors (Lipinski definition) is 14. The first-order chi connectivity index (χ1) is 25.4. The summed E-state index contributed by atoms with van der Waals surface area (Å²) >= 11 is 0. The summed E-state index contributed by atoms with van der Waals surface area (Å²) in [5.74, 6) is -3.32. The lowest BCUT2D eigenvalue weighted by molar-refractivity contribution is -0.245. The van der Waals surface area contributed by atoms with E-state index in [4.69, 9.17) is 24.7 Å². The predicted octanol–water partition coefficient (Wildman–Crippen LogP) is 2.20. The highest BCUT2D eigenvalue weighted by molar-refractivity contribution is 6.31. The Morgan fingerprint density at radius 2 is 1.89 bits per heavy atom. The number of nitrogens with zero attached hydrogens (tertiary/aromatic N) is 1. The molecule has 2 aromatic rings. The van der Waals surface area contributed by atoms with Gasteiger partial charge in [-0.3, -0.25) is 14.4 Å². The monoisotopic (exact) mass is 737 g/mol. The molecular formula is C38H47N3O12. The highest BCUT2D eigenvalue weighted by atomic mass is 16.7. The summed E-state index contributed by atoms with van der Waals surface area (Å²) in [4.78, 5) is 40.6. The largest absolute Gasteiger partial charge is 0.507 e. The molecular weight excluding hydrogens is 690 g/mol. The number of aliphatic hydroxyl groups is 3. The second-order valence-electron chi connectivity index (χ2n) is 14.1. The van der Waals surface area contributed by atoms with Gasteiger partial charge in [0.05, 0.1) is 73.6 Å². The van der Waals surface area contributed by atoms with E-state index in [0.29, 0.717) is 0 Å². The fourth-order valence-corrected chi connectivity index (χ4v) is 7.65. The summed E-state index contributed by atoms with van der Waals surface area (Å²) in [5, 5.41) is 60.7. The number of nitrogens with one attached hydrogen (secondary N) is 1. The number of carbonyl (C=O) groups excluding carboxylic acids is 3. The van der Waals surface area contributed by atoms with Gasteiger partial charge in [0, 0.05) is 42.0 Å². The van der Waals surface area contributed by atoms with Gasteiger partial charge in [0.15, 0.2) is 12.1 Å². The number of phenolic OH excluding ortho intramolecular Hbond substituents is 2. The lowest BCUT2D eigenvalue weighted by atomic mass is 9.71. The second-order valence-corrected chi connectivity index (χ2v) is 14.1. The van der Waals surface area contributed by atoms with Gasteiger partial charge in [-0.1, -0.05) is 37.1 Å². The second kappa shape index (κ2) is 16.0. The first-order valence-electron chi connectivity index (χ1n) is 18.0. The van der Waals surface area contributed by atoms with Crippen molar-refractivity contribution in [2.75, 3.05) is 20.3 Å². The lowest BCUT2D eigenvalue weighted by Gasteiger charge is -2.43. The molecule has 2 aromatic carbocycles. The first kappa shape index (κ1) is 38.5. The molecule has 0 saturated carbocycles. The number of ether oxygens (including phenoxy) is 4. The summed E-state index contributed by atoms with van der Waals surface area (Å²) in [5.41, 5.74) is 4.76. The summed E-state index contributed by atoms with van der Waals surface area (Å²) in [6, 6.07) is 3.65. The number of nitrogens with two attached hydrogens (primary N) is 1. The van der Waals surface area contributed by atoms with Crippen LogP contribution >= 0.6 is 0 Å². The number of methoxy groups -OCH3 is 1. The zero-order valence-electron chi connectivity index (χ0n) is 29.7. The average Bonchev–Trinajstić information content (AvgIpc) is 3.11. The molecule has 1 fully saturated rings. The molecule has 6 rings (SSSR count). The topological polar surface area (TPSA) is 240 Å². The molecule has 3 aliphatic carbocycles. The van der Waals surface area contributed by atoms with Gasteiger partial charge in [-0.15, -0.1) is 0 Å². The fourth-order valence-electron chi connectivity index (χ4n) is 7.65. The fraction of sp³-hybridized carbons (Fsp3) is 0.526. The van der Waals surface area contributed by atoms with Gasteiger partial charge in [0.2, 0.25) is 11.7 Å². The number of benzene rings is 2.